The molecule has 0 saturated heterocycles. The van der Waals surface area contributed by atoms with Crippen molar-refractivity contribution in [2.45, 2.75) is 133 Å². The summed E-state index contributed by atoms with van der Waals surface area (Å²) >= 11 is 0. The maximum absolute atomic E-state index is 11.7. The van der Waals surface area contributed by atoms with Crippen LogP contribution in [0.5, 0.6) is 0 Å². The minimum absolute atomic E-state index is 0. The first-order valence-corrected chi connectivity index (χ1v) is 29.7. The SMILES string of the molecule is CC(C)c1cc(-c2ccccc2)cc(C(C)C)c1-n1c(-c2[c-]c3ccccc3c(C(C)(C)C)c2)nc2ccccc21.CCC(CC)C(=O)/C=C(\O)C(CC)CC.Cc1[c-]c(-c2cc(-c3ccc(-c4ccccc4)cc3)ccn2)cc(C)c1.[Ir]. The largest absolute Gasteiger partial charge is 0.512 e. The van der Waals surface area contributed by atoms with Gasteiger partial charge in [-0.2, -0.15) is 0 Å². The monoisotopic (exact) mass is 1270 g/mol. The summed E-state index contributed by atoms with van der Waals surface area (Å²) in [6.45, 7) is 28.3. The van der Waals surface area contributed by atoms with E-state index in [0.717, 1.165) is 70.3 Å². The van der Waals surface area contributed by atoms with Gasteiger partial charge in [-0.25, -0.2) is 0 Å². The van der Waals surface area contributed by atoms with E-state index in [1.807, 2.05) is 40.0 Å². The Morgan fingerprint density at radius 2 is 1.11 bits per heavy atom. The Morgan fingerprint density at radius 3 is 1.67 bits per heavy atom. The molecule has 0 unspecified atom stereocenters. The fourth-order valence-electron chi connectivity index (χ4n) is 11.1. The number of aliphatic hydroxyl groups is 1. The molecule has 1 radical (unpaired) electrons. The summed E-state index contributed by atoms with van der Waals surface area (Å²) in [5.74, 6) is 2.14. The quantitative estimate of drug-likeness (QED) is 0.0631. The molecule has 2 heterocycles. The van der Waals surface area contributed by atoms with Crippen molar-refractivity contribution in [3.05, 3.63) is 234 Å². The van der Waals surface area contributed by atoms with Crippen molar-refractivity contribution in [1.82, 2.24) is 14.5 Å². The summed E-state index contributed by atoms with van der Waals surface area (Å²) in [7, 11) is 0. The van der Waals surface area contributed by atoms with Crippen molar-refractivity contribution >= 4 is 27.6 Å². The first-order chi connectivity index (χ1) is 39.4. The van der Waals surface area contributed by atoms with E-state index < -0.39 is 0 Å². The third-order valence-corrected chi connectivity index (χ3v) is 15.7. The third-order valence-electron chi connectivity index (χ3n) is 15.7. The normalized spacial score (nSPS) is 11.7. The second kappa shape index (κ2) is 28.7. The van der Waals surface area contributed by atoms with Crippen LogP contribution in [0, 0.1) is 37.8 Å². The first kappa shape index (κ1) is 63.1. The minimum Gasteiger partial charge on any atom is -0.512 e. The average molecular weight is 1270 g/mol. The van der Waals surface area contributed by atoms with Crippen molar-refractivity contribution in [1.29, 1.82) is 0 Å². The Hall–Kier alpha value is -7.50. The van der Waals surface area contributed by atoms with Crippen molar-refractivity contribution < 1.29 is 30.0 Å². The number of aliphatic hydroxyl groups excluding tert-OH is 1. The summed E-state index contributed by atoms with van der Waals surface area (Å²) < 4.78 is 2.42. The number of nitrogens with zero attached hydrogens (tertiary/aromatic N) is 3. The molecule has 0 amide bonds. The van der Waals surface area contributed by atoms with E-state index in [1.165, 1.54) is 72.8 Å². The summed E-state index contributed by atoms with van der Waals surface area (Å²) in [5, 5.41) is 12.1. The van der Waals surface area contributed by atoms with Gasteiger partial charge in [0, 0.05) is 49.9 Å². The summed E-state index contributed by atoms with van der Waals surface area (Å²) in [4.78, 5) is 21.6. The molecule has 83 heavy (non-hydrogen) atoms. The van der Waals surface area contributed by atoms with E-state index in [-0.39, 0.29) is 48.9 Å². The number of para-hydroxylation sites is 2. The van der Waals surface area contributed by atoms with Crippen LogP contribution in [0.15, 0.2) is 194 Å². The number of pyridine rings is 1. The van der Waals surface area contributed by atoms with Gasteiger partial charge in [-0.15, -0.1) is 64.0 Å². The summed E-state index contributed by atoms with van der Waals surface area (Å²) in [6.07, 6.45) is 6.78. The van der Waals surface area contributed by atoms with Crippen molar-refractivity contribution in [3.8, 4) is 61.7 Å². The van der Waals surface area contributed by atoms with Gasteiger partial charge in [0.15, 0.2) is 5.78 Å². The zero-order chi connectivity index (χ0) is 58.7. The fraction of sp³-hybridized carbons (Fsp3) is 0.286. The molecule has 1 N–H and O–H groups in total. The second-order valence-corrected chi connectivity index (χ2v) is 23.5. The number of imidazole rings is 1. The van der Waals surface area contributed by atoms with Gasteiger partial charge in [0.1, 0.15) is 0 Å². The number of carbonyl (C=O) groups is 1. The number of carbonyl (C=O) groups excluding carboxylic acids is 1. The standard InChI is InChI=1S/C39H39N2.C25H20N.C13H24O2.Ir/c1-25(2)32-22-29(27-15-9-8-10-16-27)23-33(26(3)4)37(32)41-36-20-14-13-19-35(36)40-38(41)30-21-28-17-11-12-18-31(28)34(24-30)39(5,6)7;1-18-14-19(2)16-24(15-18)25-17-23(12-13-26-25)22-10-8-21(9-11-22)20-6-4-3-5-7-20;1-5-10(6-2)12(14)9-13(15)11(7-3)8-4;/h8-20,22-26H,1-7H3;3-15,17H,1-2H3;9-11,14H,5-8H2,1-4H3;/q2*-1;;/b;;12-9-;. The van der Waals surface area contributed by atoms with Crippen LogP contribution in [0.2, 0.25) is 0 Å². The van der Waals surface area contributed by atoms with Crippen LogP contribution < -0.4 is 0 Å². The van der Waals surface area contributed by atoms with Crippen molar-refractivity contribution in [2.24, 2.45) is 11.8 Å². The number of aromatic nitrogens is 3. The molecule has 10 aromatic rings. The maximum Gasteiger partial charge on any atom is 0.162 e. The van der Waals surface area contributed by atoms with Gasteiger partial charge in [-0.1, -0.05) is 222 Å². The van der Waals surface area contributed by atoms with Crippen molar-refractivity contribution in [2.75, 3.05) is 0 Å². The number of fused-ring (bicyclic) bond motifs is 2. The summed E-state index contributed by atoms with van der Waals surface area (Å²) in [6, 6.07) is 69.8. The molecule has 429 valence electrons. The molecule has 0 aliphatic rings. The van der Waals surface area contributed by atoms with E-state index in [9.17, 15) is 9.90 Å². The molecule has 6 heteroatoms. The fourth-order valence-corrected chi connectivity index (χ4v) is 11.1. The van der Waals surface area contributed by atoms with E-state index in [4.69, 9.17) is 4.98 Å². The van der Waals surface area contributed by atoms with E-state index in [2.05, 4.69) is 254 Å². The van der Waals surface area contributed by atoms with Gasteiger partial charge in [0.25, 0.3) is 0 Å². The van der Waals surface area contributed by atoms with Gasteiger partial charge in [-0.3, -0.25) is 9.78 Å². The topological polar surface area (TPSA) is 68.0 Å². The molecule has 0 atom stereocenters. The van der Waals surface area contributed by atoms with Crippen LogP contribution in [0.25, 0.3) is 83.5 Å². The maximum atomic E-state index is 11.7. The predicted octanol–water partition coefficient (Wildman–Crippen LogP) is 21.2. The predicted molar refractivity (Wildman–Crippen MR) is 348 cm³/mol. The molecule has 0 aliphatic heterocycles. The van der Waals surface area contributed by atoms with Gasteiger partial charge >= 0.3 is 0 Å². The molecule has 0 fully saturated rings. The molecular formula is C77H83IrN3O2-2. The Morgan fingerprint density at radius 1 is 0.578 bits per heavy atom. The molecule has 0 saturated carbocycles. The van der Waals surface area contributed by atoms with Crippen LogP contribution in [-0.2, 0) is 30.3 Å². The molecule has 10 rings (SSSR count). The zero-order valence-electron chi connectivity index (χ0n) is 51.1. The van der Waals surface area contributed by atoms with Crippen LogP contribution in [0.1, 0.15) is 141 Å². The number of ketones is 1. The molecule has 0 bridgehead atoms. The molecular weight excluding hydrogens is 1190 g/mol. The second-order valence-electron chi connectivity index (χ2n) is 23.5. The van der Waals surface area contributed by atoms with E-state index >= 15 is 0 Å². The molecule has 8 aromatic carbocycles. The Labute approximate surface area is 509 Å². The van der Waals surface area contributed by atoms with E-state index in [1.54, 1.807) is 0 Å². The van der Waals surface area contributed by atoms with Crippen molar-refractivity contribution in [3.63, 3.8) is 0 Å². The number of aryl methyl sites for hydroxylation is 2. The summed E-state index contributed by atoms with van der Waals surface area (Å²) in [5.41, 5.74) is 20.1. The number of hydrogen-bond acceptors (Lipinski definition) is 4. The molecule has 0 aliphatic carbocycles. The molecule has 0 spiro atoms. The minimum atomic E-state index is -0.0240. The first-order valence-electron chi connectivity index (χ1n) is 29.7. The van der Waals surface area contributed by atoms with Gasteiger partial charge < -0.3 is 14.7 Å². The number of rotatable bonds is 15. The van der Waals surface area contributed by atoms with Gasteiger partial charge in [-0.05, 0) is 123 Å². The molecule has 5 nitrogen and oxygen atoms in total. The van der Waals surface area contributed by atoms with Crippen LogP contribution in [0.4, 0.5) is 0 Å². The third kappa shape index (κ3) is 15.2. The zero-order valence-corrected chi connectivity index (χ0v) is 53.5. The van der Waals surface area contributed by atoms with E-state index in [0.29, 0.717) is 11.8 Å². The average Bonchev–Trinajstić information content (AvgIpc) is 2.46. The Bertz CT molecular complexity index is 3730. The van der Waals surface area contributed by atoms with Crippen LogP contribution >= 0.6 is 0 Å². The molecule has 2 aromatic heterocycles. The number of allylic oxidation sites excluding steroid dienone is 2. The Balaban J connectivity index is 0.000000201. The van der Waals surface area contributed by atoms with Gasteiger partial charge in [0.05, 0.1) is 22.6 Å². The smallest absolute Gasteiger partial charge is 0.162 e. The van der Waals surface area contributed by atoms with Gasteiger partial charge in [0.2, 0.25) is 0 Å². The van der Waals surface area contributed by atoms with Crippen LogP contribution in [-0.4, -0.2) is 25.4 Å². The number of hydrogen-bond donors (Lipinski definition) is 1. The number of benzene rings is 8. The van der Waals surface area contributed by atoms with Crippen LogP contribution in [0.3, 0.4) is 0 Å². The Kier molecular flexibility index (Phi) is 21.8.